The molecule has 0 unspecified atom stereocenters. The van der Waals surface area contributed by atoms with Crippen molar-refractivity contribution in [3.63, 3.8) is 0 Å². The number of carbonyl (C=O) groups is 1. The number of H-pyrrole nitrogens is 1. The van der Waals surface area contributed by atoms with E-state index in [4.69, 9.17) is 4.74 Å². The van der Waals surface area contributed by atoms with Crippen LogP contribution in [0.2, 0.25) is 0 Å². The van der Waals surface area contributed by atoms with Crippen molar-refractivity contribution in [2.24, 2.45) is 7.05 Å². The Morgan fingerprint density at radius 1 is 1.38 bits per heavy atom. The lowest BCUT2D eigenvalue weighted by Gasteiger charge is -2.11. The summed E-state index contributed by atoms with van der Waals surface area (Å²) in [6, 6.07) is 5.14. The van der Waals surface area contributed by atoms with Crippen LogP contribution in [0.15, 0.2) is 37.8 Å². The number of ketones is 1. The maximum atomic E-state index is 11.8. The lowest BCUT2D eigenvalue weighted by atomic mass is 10.1. The van der Waals surface area contributed by atoms with Crippen molar-refractivity contribution < 1.29 is 9.53 Å². The third kappa shape index (κ3) is 3.05. The van der Waals surface area contributed by atoms with Gasteiger partial charge in [0, 0.05) is 11.9 Å². The first-order chi connectivity index (χ1) is 9.93. The lowest BCUT2D eigenvalue weighted by Crippen LogP contribution is -2.33. The van der Waals surface area contributed by atoms with Gasteiger partial charge in [0.05, 0.1) is 12.7 Å². The Hall–Kier alpha value is -2.35. The van der Waals surface area contributed by atoms with Gasteiger partial charge in [-0.2, -0.15) is 4.98 Å². The van der Waals surface area contributed by atoms with E-state index in [-0.39, 0.29) is 10.9 Å². The summed E-state index contributed by atoms with van der Waals surface area (Å²) < 4.78 is 6.51. The van der Waals surface area contributed by atoms with Gasteiger partial charge in [-0.1, -0.05) is 6.07 Å². The average Bonchev–Trinajstić information content (AvgIpc) is 2.44. The fourth-order valence-electron chi connectivity index (χ4n) is 1.76. The fraction of sp³-hybridized carbons (Fsp3) is 0.231. The molecule has 2 rings (SSSR count). The summed E-state index contributed by atoms with van der Waals surface area (Å²) in [7, 11) is 3.04. The second-order valence-electron chi connectivity index (χ2n) is 4.19. The predicted octanol–water partition coefficient (Wildman–Crippen LogP) is 0.831. The van der Waals surface area contributed by atoms with Crippen LogP contribution in [0.5, 0.6) is 5.75 Å². The summed E-state index contributed by atoms with van der Waals surface area (Å²) in [5, 5.41) is 2.63. The number of methoxy groups -OCH3 is 1. The van der Waals surface area contributed by atoms with E-state index in [2.05, 4.69) is 10.1 Å². The van der Waals surface area contributed by atoms with Crippen molar-refractivity contribution >= 4 is 17.5 Å². The molecule has 0 saturated carbocycles. The molecule has 0 spiro atoms. The summed E-state index contributed by atoms with van der Waals surface area (Å²) in [6.07, 6.45) is 0. The summed E-state index contributed by atoms with van der Waals surface area (Å²) in [4.78, 5) is 38.6. The Bertz CT molecular complexity index is 810. The minimum atomic E-state index is -0.872. The van der Waals surface area contributed by atoms with Crippen molar-refractivity contribution in [2.75, 3.05) is 7.11 Å². The Balaban J connectivity index is 2.55. The summed E-state index contributed by atoms with van der Waals surface area (Å²) in [5.74, 6) is 0.284. The van der Waals surface area contributed by atoms with E-state index in [1.165, 1.54) is 18.7 Å². The number of aromatic nitrogens is 3. The van der Waals surface area contributed by atoms with E-state index < -0.39 is 11.1 Å². The standard InChI is InChI=1S/C13H13N3O4S/c1-7(17)10-8(20-3)5-4-6-9(10)21-13-14-11(18)12(19)15-16(13)2/h4-6H,1-3H3,(H,15,19). The largest absolute Gasteiger partial charge is 0.496 e. The molecule has 0 aliphatic heterocycles. The Kier molecular flexibility index (Phi) is 4.27. The summed E-state index contributed by atoms with van der Waals surface area (Å²) >= 11 is 1.10. The lowest BCUT2D eigenvalue weighted by molar-refractivity contribution is 0.101. The maximum absolute atomic E-state index is 11.8. The van der Waals surface area contributed by atoms with E-state index in [0.717, 1.165) is 11.8 Å². The molecule has 2 aromatic rings. The van der Waals surface area contributed by atoms with Gasteiger partial charge in [0.15, 0.2) is 10.9 Å². The van der Waals surface area contributed by atoms with E-state index in [1.807, 2.05) is 0 Å². The zero-order valence-electron chi connectivity index (χ0n) is 11.7. The number of aromatic amines is 1. The number of hydrogen-bond donors (Lipinski definition) is 1. The van der Waals surface area contributed by atoms with Crippen LogP contribution >= 0.6 is 11.8 Å². The van der Waals surface area contributed by atoms with E-state index in [0.29, 0.717) is 16.2 Å². The SMILES string of the molecule is COc1cccc(Sc2nc(=O)c(=O)[nH]n2C)c1C(C)=O. The normalized spacial score (nSPS) is 10.4. The van der Waals surface area contributed by atoms with Crippen molar-refractivity contribution in [3.8, 4) is 5.75 Å². The third-order valence-electron chi connectivity index (χ3n) is 2.71. The molecule has 0 amide bonds. The molecule has 21 heavy (non-hydrogen) atoms. The van der Waals surface area contributed by atoms with Gasteiger partial charge in [0.25, 0.3) is 0 Å². The van der Waals surface area contributed by atoms with Crippen LogP contribution in [0, 0.1) is 0 Å². The number of ether oxygens (including phenoxy) is 1. The van der Waals surface area contributed by atoms with Gasteiger partial charge in [0.2, 0.25) is 0 Å². The molecule has 0 atom stereocenters. The topological polar surface area (TPSA) is 94.0 Å². The van der Waals surface area contributed by atoms with Gasteiger partial charge in [-0.3, -0.25) is 24.2 Å². The minimum Gasteiger partial charge on any atom is -0.496 e. The van der Waals surface area contributed by atoms with Crippen molar-refractivity contribution in [2.45, 2.75) is 17.0 Å². The van der Waals surface area contributed by atoms with Gasteiger partial charge in [-0.15, -0.1) is 0 Å². The molecule has 8 heteroatoms. The number of hydrogen-bond acceptors (Lipinski definition) is 6. The monoisotopic (exact) mass is 307 g/mol. The van der Waals surface area contributed by atoms with Crippen LogP contribution in [-0.4, -0.2) is 27.7 Å². The number of Topliss-reactive ketones (excluding diaryl/α,β-unsaturated/α-hetero) is 1. The molecule has 0 aliphatic carbocycles. The Labute approximate surface area is 124 Å². The number of nitrogens with zero attached hydrogens (tertiary/aromatic N) is 2. The molecule has 0 aliphatic rings. The molecule has 7 nitrogen and oxygen atoms in total. The second-order valence-corrected chi connectivity index (χ2v) is 5.20. The highest BCUT2D eigenvalue weighted by Crippen LogP contribution is 2.33. The molecule has 1 aromatic heterocycles. The van der Waals surface area contributed by atoms with Crippen LogP contribution in [-0.2, 0) is 7.05 Å². The van der Waals surface area contributed by atoms with Crippen LogP contribution in [0.1, 0.15) is 17.3 Å². The molecular formula is C13H13N3O4S. The highest BCUT2D eigenvalue weighted by atomic mass is 32.2. The summed E-state index contributed by atoms with van der Waals surface area (Å²) in [6.45, 7) is 1.43. The molecule has 1 N–H and O–H groups in total. The van der Waals surface area contributed by atoms with Crippen LogP contribution in [0.3, 0.4) is 0 Å². The van der Waals surface area contributed by atoms with E-state index in [1.54, 1.807) is 25.2 Å². The molecular weight excluding hydrogens is 294 g/mol. The molecule has 0 bridgehead atoms. The number of rotatable bonds is 4. The Morgan fingerprint density at radius 2 is 2.10 bits per heavy atom. The highest BCUT2D eigenvalue weighted by molar-refractivity contribution is 7.99. The average molecular weight is 307 g/mol. The van der Waals surface area contributed by atoms with Crippen LogP contribution in [0.25, 0.3) is 0 Å². The van der Waals surface area contributed by atoms with Gasteiger partial charge in [0.1, 0.15) is 5.75 Å². The fourth-order valence-corrected chi connectivity index (χ4v) is 2.76. The first kappa shape index (κ1) is 15.0. The zero-order valence-corrected chi connectivity index (χ0v) is 12.5. The summed E-state index contributed by atoms with van der Waals surface area (Å²) in [5.41, 5.74) is -1.26. The number of benzene rings is 1. The molecule has 1 heterocycles. The first-order valence-corrected chi connectivity index (χ1v) is 6.79. The third-order valence-corrected chi connectivity index (χ3v) is 3.82. The van der Waals surface area contributed by atoms with Crippen LogP contribution < -0.4 is 15.9 Å². The molecule has 110 valence electrons. The Morgan fingerprint density at radius 3 is 2.71 bits per heavy atom. The van der Waals surface area contributed by atoms with Crippen molar-refractivity contribution in [1.82, 2.24) is 14.8 Å². The highest BCUT2D eigenvalue weighted by Gasteiger charge is 2.16. The van der Waals surface area contributed by atoms with E-state index >= 15 is 0 Å². The predicted molar refractivity (Wildman–Crippen MR) is 77.2 cm³/mol. The molecule has 1 aromatic carbocycles. The van der Waals surface area contributed by atoms with Gasteiger partial charge < -0.3 is 4.74 Å². The quantitative estimate of drug-likeness (QED) is 0.664. The molecule has 0 radical (unpaired) electrons. The van der Waals surface area contributed by atoms with Gasteiger partial charge in [-0.05, 0) is 30.8 Å². The number of aryl methyl sites for hydroxylation is 1. The van der Waals surface area contributed by atoms with E-state index in [9.17, 15) is 14.4 Å². The second kappa shape index (κ2) is 5.96. The number of nitrogens with one attached hydrogen (secondary N) is 1. The van der Waals surface area contributed by atoms with Gasteiger partial charge in [-0.25, -0.2) is 0 Å². The maximum Gasteiger partial charge on any atom is 0.339 e. The molecule has 0 saturated heterocycles. The minimum absolute atomic E-state index is 0.163. The van der Waals surface area contributed by atoms with Crippen molar-refractivity contribution in [3.05, 3.63) is 44.5 Å². The van der Waals surface area contributed by atoms with Crippen molar-refractivity contribution in [1.29, 1.82) is 0 Å². The first-order valence-electron chi connectivity index (χ1n) is 5.97. The number of carbonyl (C=O) groups excluding carboxylic acids is 1. The smallest absolute Gasteiger partial charge is 0.339 e. The van der Waals surface area contributed by atoms with Crippen LogP contribution in [0.4, 0.5) is 0 Å². The van der Waals surface area contributed by atoms with Gasteiger partial charge >= 0.3 is 11.1 Å². The molecule has 0 fully saturated rings. The zero-order chi connectivity index (χ0) is 15.6.